The lowest BCUT2D eigenvalue weighted by molar-refractivity contribution is -0.130. The zero-order valence-corrected chi connectivity index (χ0v) is 14.4. The number of rotatable bonds is 4. The third-order valence-corrected chi connectivity index (χ3v) is 4.88. The summed E-state index contributed by atoms with van der Waals surface area (Å²) in [4.78, 5) is 19.1. The molecule has 0 spiro atoms. The largest absolute Gasteiger partial charge is 0.342 e. The summed E-state index contributed by atoms with van der Waals surface area (Å²) in [6, 6.07) is 0. The van der Waals surface area contributed by atoms with Crippen LogP contribution in [0.1, 0.15) is 41.5 Å². The summed E-state index contributed by atoms with van der Waals surface area (Å²) in [5, 5.41) is 4.24. The van der Waals surface area contributed by atoms with E-state index in [0.29, 0.717) is 12.3 Å². The molecule has 0 N–H and O–H groups in total. The highest BCUT2D eigenvalue weighted by Crippen LogP contribution is 2.27. The molecule has 1 saturated heterocycles. The molecule has 0 aromatic carbocycles. The van der Waals surface area contributed by atoms with E-state index in [0.717, 1.165) is 48.7 Å². The molecule has 0 radical (unpaired) electrons. The third-order valence-electron chi connectivity index (χ3n) is 4.88. The van der Waals surface area contributed by atoms with Crippen molar-refractivity contribution < 1.29 is 4.79 Å². The number of carbonyl (C=O) groups excluding carboxylic acids is 1. The Balaban J connectivity index is 1.57. The molecule has 1 unspecified atom stereocenters. The molecule has 6 nitrogen and oxygen atoms in total. The van der Waals surface area contributed by atoms with Crippen LogP contribution in [-0.2, 0) is 25.3 Å². The maximum absolute atomic E-state index is 12.5. The number of hydrogen-bond donors (Lipinski definition) is 0. The number of aromatic nitrogens is 4. The van der Waals surface area contributed by atoms with E-state index in [1.807, 2.05) is 49.9 Å². The van der Waals surface area contributed by atoms with Crippen molar-refractivity contribution in [2.24, 2.45) is 14.1 Å². The zero-order valence-electron chi connectivity index (χ0n) is 14.4. The lowest BCUT2D eigenvalue weighted by Gasteiger charge is -2.16. The van der Waals surface area contributed by atoms with Crippen molar-refractivity contribution in [1.82, 2.24) is 24.2 Å². The van der Waals surface area contributed by atoms with E-state index in [4.69, 9.17) is 0 Å². The van der Waals surface area contributed by atoms with Crippen LogP contribution in [0.5, 0.6) is 0 Å². The second kappa shape index (κ2) is 6.18. The van der Waals surface area contributed by atoms with E-state index < -0.39 is 0 Å². The van der Waals surface area contributed by atoms with Gasteiger partial charge in [-0.2, -0.15) is 5.10 Å². The molecule has 23 heavy (non-hydrogen) atoms. The van der Waals surface area contributed by atoms with E-state index in [9.17, 15) is 4.79 Å². The highest BCUT2D eigenvalue weighted by atomic mass is 16.2. The Morgan fingerprint density at radius 2 is 2.13 bits per heavy atom. The number of carbonyl (C=O) groups is 1. The van der Waals surface area contributed by atoms with E-state index >= 15 is 0 Å². The van der Waals surface area contributed by atoms with Gasteiger partial charge in [0.1, 0.15) is 5.82 Å². The minimum absolute atomic E-state index is 0.238. The van der Waals surface area contributed by atoms with Crippen LogP contribution >= 0.6 is 0 Å². The van der Waals surface area contributed by atoms with Crippen LogP contribution < -0.4 is 0 Å². The molecular formula is C17H25N5O. The van der Waals surface area contributed by atoms with Gasteiger partial charge in [0.2, 0.25) is 5.91 Å². The van der Waals surface area contributed by atoms with E-state index in [2.05, 4.69) is 14.6 Å². The molecule has 1 aliphatic heterocycles. The highest BCUT2D eigenvalue weighted by Gasteiger charge is 2.29. The quantitative estimate of drug-likeness (QED) is 0.863. The molecule has 3 rings (SSSR count). The van der Waals surface area contributed by atoms with E-state index in [1.165, 1.54) is 0 Å². The molecule has 1 atom stereocenters. The van der Waals surface area contributed by atoms with Gasteiger partial charge in [0, 0.05) is 51.4 Å². The third kappa shape index (κ3) is 3.16. The Bertz CT molecular complexity index is 715. The average Bonchev–Trinajstić information content (AvgIpc) is 3.19. The molecule has 0 saturated carbocycles. The molecule has 2 aromatic heterocycles. The van der Waals surface area contributed by atoms with Crippen LogP contribution in [0.15, 0.2) is 12.4 Å². The van der Waals surface area contributed by atoms with Gasteiger partial charge in [0.05, 0.1) is 11.9 Å². The molecule has 1 fully saturated rings. The first kappa shape index (κ1) is 15.8. The summed E-state index contributed by atoms with van der Waals surface area (Å²) in [5.74, 6) is 1.69. The van der Waals surface area contributed by atoms with Crippen molar-refractivity contribution in [3.8, 4) is 0 Å². The van der Waals surface area contributed by atoms with Crippen LogP contribution in [0, 0.1) is 13.8 Å². The van der Waals surface area contributed by atoms with Gasteiger partial charge < -0.3 is 9.47 Å². The van der Waals surface area contributed by atoms with Crippen LogP contribution in [0.2, 0.25) is 0 Å². The van der Waals surface area contributed by atoms with Gasteiger partial charge in [0.15, 0.2) is 0 Å². The Hall–Kier alpha value is -2.11. The van der Waals surface area contributed by atoms with Crippen LogP contribution in [0.4, 0.5) is 0 Å². The van der Waals surface area contributed by atoms with Gasteiger partial charge in [-0.15, -0.1) is 0 Å². The van der Waals surface area contributed by atoms with Crippen molar-refractivity contribution in [3.05, 3.63) is 35.2 Å². The van der Waals surface area contributed by atoms with E-state index in [-0.39, 0.29) is 5.91 Å². The summed E-state index contributed by atoms with van der Waals surface area (Å²) in [5.41, 5.74) is 3.34. The van der Waals surface area contributed by atoms with Gasteiger partial charge in [0.25, 0.3) is 0 Å². The predicted molar refractivity (Wildman–Crippen MR) is 88.1 cm³/mol. The minimum atomic E-state index is 0.238. The minimum Gasteiger partial charge on any atom is -0.342 e. The molecule has 0 bridgehead atoms. The molecule has 2 aromatic rings. The molecule has 3 heterocycles. The number of likely N-dealkylation sites (tertiary alicyclic amines) is 1. The molecule has 0 aliphatic carbocycles. The standard InChI is InChI=1S/C17H25N5O/c1-12-10-20(3)17(19-12)15-7-8-22(11-15)16(23)6-5-14-9-18-21(4)13(14)2/h9-10,15H,5-8,11H2,1-4H3. The second-order valence-electron chi connectivity index (χ2n) is 6.56. The number of hydrogen-bond acceptors (Lipinski definition) is 3. The summed E-state index contributed by atoms with van der Waals surface area (Å²) >= 11 is 0. The Kier molecular flexibility index (Phi) is 4.24. The smallest absolute Gasteiger partial charge is 0.222 e. The Morgan fingerprint density at radius 1 is 1.35 bits per heavy atom. The summed E-state index contributed by atoms with van der Waals surface area (Å²) in [6.45, 7) is 5.68. The summed E-state index contributed by atoms with van der Waals surface area (Å²) in [7, 11) is 3.96. The van der Waals surface area contributed by atoms with E-state index in [1.54, 1.807) is 0 Å². The fourth-order valence-corrected chi connectivity index (χ4v) is 3.40. The first-order valence-electron chi connectivity index (χ1n) is 8.21. The zero-order chi connectivity index (χ0) is 16.6. The average molecular weight is 315 g/mol. The number of aryl methyl sites for hydroxylation is 4. The summed E-state index contributed by atoms with van der Waals surface area (Å²) < 4.78 is 3.95. The lowest BCUT2D eigenvalue weighted by atomic mass is 10.1. The van der Waals surface area contributed by atoms with Crippen LogP contribution in [0.3, 0.4) is 0 Å². The maximum Gasteiger partial charge on any atom is 0.222 e. The topological polar surface area (TPSA) is 56.0 Å². The molecule has 1 amide bonds. The Morgan fingerprint density at radius 3 is 2.74 bits per heavy atom. The number of nitrogens with zero attached hydrogens (tertiary/aromatic N) is 5. The maximum atomic E-state index is 12.5. The second-order valence-corrected chi connectivity index (χ2v) is 6.56. The molecular weight excluding hydrogens is 290 g/mol. The van der Waals surface area contributed by atoms with Crippen molar-refractivity contribution in [3.63, 3.8) is 0 Å². The van der Waals surface area contributed by atoms with Gasteiger partial charge in [-0.1, -0.05) is 0 Å². The predicted octanol–water partition coefficient (Wildman–Crippen LogP) is 1.72. The number of amides is 1. The van der Waals surface area contributed by atoms with Crippen LogP contribution in [0.25, 0.3) is 0 Å². The van der Waals surface area contributed by atoms with Crippen LogP contribution in [-0.4, -0.2) is 43.2 Å². The first-order valence-corrected chi connectivity index (χ1v) is 8.21. The van der Waals surface area contributed by atoms with Gasteiger partial charge in [-0.25, -0.2) is 4.98 Å². The van der Waals surface area contributed by atoms with Crippen molar-refractivity contribution in [1.29, 1.82) is 0 Å². The lowest BCUT2D eigenvalue weighted by Crippen LogP contribution is -2.28. The SMILES string of the molecule is Cc1cn(C)c(C2CCN(C(=O)CCc3cnn(C)c3C)C2)n1. The molecule has 6 heteroatoms. The highest BCUT2D eigenvalue weighted by molar-refractivity contribution is 5.76. The first-order chi connectivity index (χ1) is 11.0. The molecule has 124 valence electrons. The Labute approximate surface area is 137 Å². The van der Waals surface area contributed by atoms with Gasteiger partial charge in [-0.05, 0) is 32.3 Å². The van der Waals surface area contributed by atoms with Crippen molar-refractivity contribution >= 4 is 5.91 Å². The van der Waals surface area contributed by atoms with Crippen molar-refractivity contribution in [2.75, 3.05) is 13.1 Å². The summed E-state index contributed by atoms with van der Waals surface area (Å²) in [6.07, 6.45) is 6.24. The monoisotopic (exact) mass is 315 g/mol. The number of imidazole rings is 1. The van der Waals surface area contributed by atoms with Gasteiger partial charge >= 0.3 is 0 Å². The fraction of sp³-hybridized carbons (Fsp3) is 0.588. The fourth-order valence-electron chi connectivity index (χ4n) is 3.40. The molecule has 1 aliphatic rings. The normalized spacial score (nSPS) is 17.9. The van der Waals surface area contributed by atoms with Crippen molar-refractivity contribution in [2.45, 2.75) is 39.0 Å². The van der Waals surface area contributed by atoms with Gasteiger partial charge in [-0.3, -0.25) is 9.48 Å².